The zero-order valence-electron chi connectivity index (χ0n) is 27.2. The normalized spacial score (nSPS) is 35.7. The Balaban J connectivity index is 0.000000146. The summed E-state index contributed by atoms with van der Waals surface area (Å²) < 4.78 is 5.98. The molecule has 7 heteroatoms. The van der Waals surface area contributed by atoms with Gasteiger partial charge in [-0.1, -0.05) is 43.7 Å². The number of aliphatic hydroxyl groups is 1. The average molecular weight is 613 g/mol. The fourth-order valence-corrected chi connectivity index (χ4v) is 10.0. The Bertz CT molecular complexity index is 1580. The van der Waals surface area contributed by atoms with E-state index in [-0.39, 0.29) is 23.0 Å². The van der Waals surface area contributed by atoms with E-state index in [0.717, 1.165) is 43.7 Å². The first kappa shape index (κ1) is 30.5. The number of nitrogens with zero attached hydrogens (tertiary/aromatic N) is 2. The first-order chi connectivity index (χ1) is 21.4. The van der Waals surface area contributed by atoms with Crippen LogP contribution in [-0.4, -0.2) is 80.9 Å². The Labute approximate surface area is 267 Å². The minimum Gasteiger partial charge on any atom is -0.508 e. The van der Waals surface area contributed by atoms with Crippen LogP contribution >= 0.6 is 0 Å². The van der Waals surface area contributed by atoms with E-state index in [2.05, 4.69) is 56.2 Å². The van der Waals surface area contributed by atoms with Crippen LogP contribution in [0.15, 0.2) is 54.6 Å². The number of carbonyl (C=O) groups excluding carboxylic acids is 1. The molecule has 0 amide bonds. The van der Waals surface area contributed by atoms with E-state index in [1.165, 1.54) is 23.1 Å². The number of aromatic hydroxyl groups is 2. The van der Waals surface area contributed by atoms with Crippen molar-refractivity contribution < 1.29 is 24.9 Å². The van der Waals surface area contributed by atoms with Crippen molar-refractivity contribution >= 4 is 5.78 Å². The molecular weight excluding hydrogens is 564 g/mol. The van der Waals surface area contributed by atoms with Crippen LogP contribution in [0.5, 0.6) is 17.2 Å². The fraction of sp³-hybridized carbons (Fsp3) is 0.553. The minimum absolute atomic E-state index is 0.0408. The van der Waals surface area contributed by atoms with Crippen molar-refractivity contribution in [3.63, 3.8) is 0 Å². The highest BCUT2D eigenvalue weighted by atomic mass is 16.5. The van der Waals surface area contributed by atoms with Crippen molar-refractivity contribution in [1.82, 2.24) is 9.80 Å². The van der Waals surface area contributed by atoms with E-state index < -0.39 is 17.1 Å². The zero-order valence-corrected chi connectivity index (χ0v) is 27.2. The molecule has 6 aliphatic rings. The number of carbonyl (C=O) groups is 1. The van der Waals surface area contributed by atoms with Crippen molar-refractivity contribution in [2.45, 2.75) is 101 Å². The summed E-state index contributed by atoms with van der Waals surface area (Å²) in [7, 11) is 0. The smallest absolute Gasteiger partial charge is 0.174 e. The van der Waals surface area contributed by atoms with Crippen molar-refractivity contribution in [3.05, 3.63) is 76.9 Å². The Morgan fingerprint density at radius 3 is 2.56 bits per heavy atom. The van der Waals surface area contributed by atoms with Gasteiger partial charge in [-0.05, 0) is 98.7 Å². The molecule has 0 aromatic heterocycles. The second-order valence-corrected chi connectivity index (χ2v) is 14.9. The zero-order chi connectivity index (χ0) is 31.9. The number of phenolic OH excluding ortho intramolecular Hbond substituents is 2. The van der Waals surface area contributed by atoms with Gasteiger partial charge in [0.15, 0.2) is 23.4 Å². The van der Waals surface area contributed by atoms with Crippen LogP contribution in [0.1, 0.15) is 75.6 Å². The van der Waals surface area contributed by atoms with Crippen LogP contribution in [0.2, 0.25) is 0 Å². The highest BCUT2D eigenvalue weighted by Gasteiger charge is 2.73. The van der Waals surface area contributed by atoms with Gasteiger partial charge < -0.3 is 20.1 Å². The van der Waals surface area contributed by atoms with Crippen molar-refractivity contribution in [3.8, 4) is 17.2 Å². The second kappa shape index (κ2) is 10.7. The van der Waals surface area contributed by atoms with Gasteiger partial charge in [0.05, 0.1) is 11.0 Å². The Kier molecular flexibility index (Phi) is 7.27. The van der Waals surface area contributed by atoms with Gasteiger partial charge in [0.1, 0.15) is 5.75 Å². The summed E-state index contributed by atoms with van der Waals surface area (Å²) in [6.45, 7) is 16.7. The molecule has 7 atom stereocenters. The number of allylic oxidation sites excluding steroid dienone is 1. The first-order valence-electron chi connectivity index (χ1n) is 16.8. The summed E-state index contributed by atoms with van der Waals surface area (Å²) in [6.07, 6.45) is 7.99. The Morgan fingerprint density at radius 2 is 1.80 bits per heavy atom. The molecule has 3 aliphatic heterocycles. The van der Waals surface area contributed by atoms with Crippen molar-refractivity contribution in [1.29, 1.82) is 0 Å². The third-order valence-corrected chi connectivity index (χ3v) is 12.6. The summed E-state index contributed by atoms with van der Waals surface area (Å²) in [5.41, 5.74) is 4.68. The lowest BCUT2D eigenvalue weighted by Gasteiger charge is -2.62. The van der Waals surface area contributed by atoms with Crippen LogP contribution in [0.4, 0.5) is 0 Å². The summed E-state index contributed by atoms with van der Waals surface area (Å²) in [5.74, 6) is 1.57. The molecule has 4 bridgehead atoms. The van der Waals surface area contributed by atoms with Crippen molar-refractivity contribution in [2.75, 3.05) is 26.2 Å². The topological polar surface area (TPSA) is 93.5 Å². The van der Waals surface area contributed by atoms with Crippen LogP contribution < -0.4 is 4.74 Å². The molecule has 3 aliphatic carbocycles. The van der Waals surface area contributed by atoms with Gasteiger partial charge in [0, 0.05) is 43.7 Å². The molecule has 2 aromatic rings. The predicted molar refractivity (Wildman–Crippen MR) is 175 cm³/mol. The molecule has 0 unspecified atom stereocenters. The van der Waals surface area contributed by atoms with Gasteiger partial charge in [-0.2, -0.15) is 0 Å². The molecule has 3 fully saturated rings. The lowest BCUT2D eigenvalue weighted by molar-refractivity contribution is -0.187. The number of rotatable bonds is 4. The molecule has 3 heterocycles. The molecule has 0 radical (unpaired) electrons. The van der Waals surface area contributed by atoms with E-state index >= 15 is 0 Å². The largest absolute Gasteiger partial charge is 0.508 e. The third-order valence-electron chi connectivity index (χ3n) is 12.6. The summed E-state index contributed by atoms with van der Waals surface area (Å²) in [6, 6.07) is 10.1. The SMILES string of the molecule is C=CCN1CC[C@]23c4c5ccc(O)c4O[C@H]2C(=O)CC[C@@]3(O)[C@H]1C5.CC(C)=CCN1CC[C@@]2(C)c3cc(O)ccc3C[C@@H]1[C@@H]2C. The van der Waals surface area contributed by atoms with Gasteiger partial charge in [-0.25, -0.2) is 0 Å². The van der Waals surface area contributed by atoms with Gasteiger partial charge in [0.25, 0.3) is 0 Å². The summed E-state index contributed by atoms with van der Waals surface area (Å²) >= 11 is 0. The number of piperidine rings is 2. The summed E-state index contributed by atoms with van der Waals surface area (Å²) in [4.78, 5) is 17.6. The lowest BCUT2D eigenvalue weighted by Crippen LogP contribution is -2.76. The lowest BCUT2D eigenvalue weighted by atomic mass is 9.49. The molecule has 2 aromatic carbocycles. The average Bonchev–Trinajstić information content (AvgIpc) is 3.36. The molecule has 45 heavy (non-hydrogen) atoms. The van der Waals surface area contributed by atoms with Gasteiger partial charge in [-0.15, -0.1) is 6.58 Å². The number of Topliss-reactive ketones (excluding diaryl/α,β-unsaturated/α-hetero) is 1. The molecule has 3 N–H and O–H groups in total. The Morgan fingerprint density at radius 1 is 1.04 bits per heavy atom. The van der Waals surface area contributed by atoms with Gasteiger partial charge in [0.2, 0.25) is 0 Å². The number of likely N-dealkylation sites (tertiary alicyclic amines) is 2. The number of phenols is 2. The van der Waals surface area contributed by atoms with Gasteiger partial charge >= 0.3 is 0 Å². The van der Waals surface area contributed by atoms with E-state index in [1.54, 1.807) is 6.07 Å². The van der Waals surface area contributed by atoms with Crippen LogP contribution in [-0.2, 0) is 28.5 Å². The maximum atomic E-state index is 12.6. The third kappa shape index (κ3) is 4.30. The number of benzene rings is 2. The van der Waals surface area contributed by atoms with E-state index in [4.69, 9.17) is 4.74 Å². The monoisotopic (exact) mass is 612 g/mol. The summed E-state index contributed by atoms with van der Waals surface area (Å²) in [5, 5.41) is 32.0. The van der Waals surface area contributed by atoms with E-state index in [0.29, 0.717) is 49.1 Å². The molecule has 240 valence electrons. The second-order valence-electron chi connectivity index (χ2n) is 14.9. The number of ether oxygens (including phenoxy) is 1. The first-order valence-corrected chi connectivity index (χ1v) is 16.8. The fourth-order valence-electron chi connectivity index (χ4n) is 10.0. The molecule has 1 spiro atoms. The highest BCUT2D eigenvalue weighted by Crippen LogP contribution is 2.64. The minimum atomic E-state index is -1.00. The number of fused-ring (bicyclic) bond motifs is 4. The quantitative estimate of drug-likeness (QED) is 0.410. The molecule has 2 saturated heterocycles. The maximum Gasteiger partial charge on any atom is 0.174 e. The predicted octanol–water partition coefficient (Wildman–Crippen LogP) is 5.18. The Hall–Kier alpha value is -3.13. The van der Waals surface area contributed by atoms with E-state index in [9.17, 15) is 20.1 Å². The highest BCUT2D eigenvalue weighted by molar-refractivity contribution is 5.90. The molecule has 8 rings (SSSR count). The van der Waals surface area contributed by atoms with Crippen LogP contribution in [0.25, 0.3) is 0 Å². The molecule has 1 saturated carbocycles. The molecule has 7 nitrogen and oxygen atoms in total. The molecular formula is C38H48N2O5. The van der Waals surface area contributed by atoms with Gasteiger partial charge in [-0.3, -0.25) is 14.6 Å². The number of hydrogen-bond acceptors (Lipinski definition) is 7. The maximum absolute atomic E-state index is 12.6. The van der Waals surface area contributed by atoms with E-state index in [1.807, 2.05) is 24.3 Å². The van der Waals surface area contributed by atoms with Crippen LogP contribution in [0, 0.1) is 5.92 Å². The van der Waals surface area contributed by atoms with Crippen molar-refractivity contribution in [2.24, 2.45) is 5.92 Å². The van der Waals surface area contributed by atoms with Crippen LogP contribution in [0.3, 0.4) is 0 Å². The standard InChI is InChI=1S/C19H21NO4.C19H27NO/c1-2-8-20-9-7-18-15-11-3-4-12(21)16(15)24-17(18)13(22)5-6-19(18,23)14(20)10-11;1-13(2)7-9-20-10-8-19(4)14(3)18(20)11-15-5-6-16(21)12-17(15)19/h2-4,14,17,21,23H,1,5-10H2;5-7,12,14,18,21H,8-11H2,1-4H3/t14-,17+,18+,19-;14-,18+,19+/m10/s1. The number of hydrogen-bond donors (Lipinski definition) is 3. The number of ketones is 1.